The van der Waals surface area contributed by atoms with Crippen molar-refractivity contribution in [2.24, 2.45) is 0 Å². The van der Waals surface area contributed by atoms with Crippen molar-refractivity contribution in [2.75, 3.05) is 18.6 Å². The Labute approximate surface area is 190 Å². The van der Waals surface area contributed by atoms with Crippen LogP contribution in [0.25, 0.3) is 11.0 Å². The first kappa shape index (κ1) is 20.5. The first-order valence-corrected chi connectivity index (χ1v) is 10.8. The molecule has 7 heteroatoms. The number of rotatable bonds is 5. The van der Waals surface area contributed by atoms with Gasteiger partial charge >= 0.3 is 0 Å². The van der Waals surface area contributed by atoms with Gasteiger partial charge in [0.05, 0.1) is 30.4 Å². The summed E-state index contributed by atoms with van der Waals surface area (Å²) in [6, 6.07) is 19.7. The molecule has 1 aliphatic heterocycles. The van der Waals surface area contributed by atoms with Gasteiger partial charge in [0.25, 0.3) is 0 Å². The average Bonchev–Trinajstić information content (AvgIpc) is 3.36. The molecule has 0 saturated carbocycles. The summed E-state index contributed by atoms with van der Waals surface area (Å²) < 4.78 is 21.9. The lowest BCUT2D eigenvalue weighted by Crippen LogP contribution is -2.25. The summed E-state index contributed by atoms with van der Waals surface area (Å²) in [5.74, 6) is 0.920. The third-order valence-electron chi connectivity index (χ3n) is 5.89. The molecule has 0 unspecified atom stereocenters. The molecule has 162 valence electrons. The van der Waals surface area contributed by atoms with Crippen LogP contribution in [-0.4, -0.2) is 29.1 Å². The van der Waals surface area contributed by atoms with Gasteiger partial charge in [0.15, 0.2) is 0 Å². The van der Waals surface area contributed by atoms with E-state index < -0.39 is 0 Å². The summed E-state index contributed by atoms with van der Waals surface area (Å²) in [5, 5.41) is 0.531. The number of methoxy groups -OCH3 is 1. The van der Waals surface area contributed by atoms with Crippen molar-refractivity contribution >= 4 is 34.2 Å². The van der Waals surface area contributed by atoms with Gasteiger partial charge in [-0.05, 0) is 36.4 Å². The average molecular weight is 450 g/mol. The van der Waals surface area contributed by atoms with Crippen molar-refractivity contribution in [1.29, 1.82) is 0 Å². The van der Waals surface area contributed by atoms with Crippen LogP contribution in [-0.2, 0) is 11.3 Å². The molecule has 1 saturated heterocycles. The smallest absolute Gasteiger partial charge is 0.227 e. The fourth-order valence-corrected chi connectivity index (χ4v) is 4.52. The Morgan fingerprint density at radius 1 is 1.12 bits per heavy atom. The molecule has 0 bridgehead atoms. The molecule has 32 heavy (non-hydrogen) atoms. The molecule has 5 rings (SSSR count). The zero-order chi connectivity index (χ0) is 22.2. The van der Waals surface area contributed by atoms with E-state index in [1.165, 1.54) is 6.07 Å². The predicted octanol–water partition coefficient (Wildman–Crippen LogP) is 5.41. The molecule has 1 fully saturated rings. The van der Waals surface area contributed by atoms with Crippen molar-refractivity contribution in [3.63, 3.8) is 0 Å². The van der Waals surface area contributed by atoms with E-state index in [1.807, 2.05) is 34.9 Å². The topological polar surface area (TPSA) is 47.4 Å². The van der Waals surface area contributed by atoms with E-state index in [1.54, 1.807) is 42.3 Å². The highest BCUT2D eigenvalue weighted by molar-refractivity contribution is 6.31. The number of fused-ring (bicyclic) bond motifs is 1. The van der Waals surface area contributed by atoms with E-state index >= 15 is 0 Å². The number of aromatic nitrogens is 2. The summed E-state index contributed by atoms with van der Waals surface area (Å²) in [6.07, 6.45) is 0.302. The first-order valence-electron chi connectivity index (χ1n) is 10.4. The molecule has 1 aromatic heterocycles. The standard InChI is InChI=1S/C25H21ClFN3O2/c1-32-23-11-10-18(26)13-22(23)29-15-17(12-24(29)31)25-28-20-8-4-5-9-21(20)30(25)14-16-6-2-3-7-19(16)27/h2-11,13,17H,12,14-15H2,1H3/t17-/m1/s1. The zero-order valence-electron chi connectivity index (χ0n) is 17.5. The van der Waals surface area contributed by atoms with Gasteiger partial charge < -0.3 is 14.2 Å². The largest absolute Gasteiger partial charge is 0.495 e. The SMILES string of the molecule is COc1ccc(Cl)cc1N1C[C@H](c2nc3ccccc3n2Cc2ccccc2F)CC1=O. The third-order valence-corrected chi connectivity index (χ3v) is 6.13. The van der Waals surface area contributed by atoms with Gasteiger partial charge in [-0.2, -0.15) is 0 Å². The second kappa shape index (κ2) is 8.28. The minimum absolute atomic E-state index is 0.0277. The Kier molecular flexibility index (Phi) is 5.31. The molecule has 0 aliphatic carbocycles. The van der Waals surface area contributed by atoms with E-state index in [0.717, 1.165) is 16.9 Å². The van der Waals surface area contributed by atoms with Crippen LogP contribution in [0.3, 0.4) is 0 Å². The number of ether oxygens (including phenoxy) is 1. The fraction of sp³-hybridized carbons (Fsp3) is 0.200. The van der Waals surface area contributed by atoms with Gasteiger partial charge in [-0.1, -0.05) is 41.9 Å². The van der Waals surface area contributed by atoms with Crippen LogP contribution in [0.15, 0.2) is 66.7 Å². The van der Waals surface area contributed by atoms with E-state index in [4.69, 9.17) is 21.3 Å². The van der Waals surface area contributed by atoms with E-state index in [0.29, 0.717) is 41.5 Å². The van der Waals surface area contributed by atoms with Crippen LogP contribution in [0.4, 0.5) is 10.1 Å². The number of benzene rings is 3. The Morgan fingerprint density at radius 3 is 2.72 bits per heavy atom. The summed E-state index contributed by atoms with van der Waals surface area (Å²) >= 11 is 6.19. The van der Waals surface area contributed by atoms with Gasteiger partial charge in [-0.15, -0.1) is 0 Å². The van der Waals surface area contributed by atoms with Crippen molar-refractivity contribution in [3.05, 3.63) is 89.0 Å². The highest BCUT2D eigenvalue weighted by Gasteiger charge is 2.36. The van der Waals surface area contributed by atoms with Crippen molar-refractivity contribution in [1.82, 2.24) is 9.55 Å². The number of carbonyl (C=O) groups is 1. The number of hydrogen-bond donors (Lipinski definition) is 0. The van der Waals surface area contributed by atoms with Gasteiger partial charge in [0.2, 0.25) is 5.91 Å². The summed E-state index contributed by atoms with van der Waals surface area (Å²) in [7, 11) is 1.57. The number of imidazole rings is 1. The molecule has 1 atom stereocenters. The second-order valence-electron chi connectivity index (χ2n) is 7.86. The molecule has 2 heterocycles. The number of nitrogens with zero attached hydrogens (tertiary/aromatic N) is 3. The van der Waals surface area contributed by atoms with Crippen molar-refractivity contribution in [3.8, 4) is 5.75 Å². The van der Waals surface area contributed by atoms with Gasteiger partial charge in [0, 0.05) is 29.5 Å². The molecular weight excluding hydrogens is 429 g/mol. The monoisotopic (exact) mass is 449 g/mol. The second-order valence-corrected chi connectivity index (χ2v) is 8.29. The van der Waals surface area contributed by atoms with E-state index in [2.05, 4.69) is 0 Å². The molecular formula is C25H21ClFN3O2. The lowest BCUT2D eigenvalue weighted by molar-refractivity contribution is -0.117. The fourth-order valence-electron chi connectivity index (χ4n) is 4.36. The highest BCUT2D eigenvalue weighted by Crippen LogP contribution is 2.38. The number of halogens is 2. The van der Waals surface area contributed by atoms with Crippen LogP contribution >= 0.6 is 11.6 Å². The van der Waals surface area contributed by atoms with Gasteiger partial charge in [-0.25, -0.2) is 9.37 Å². The van der Waals surface area contributed by atoms with E-state index in [-0.39, 0.29) is 17.6 Å². The lowest BCUT2D eigenvalue weighted by atomic mass is 10.1. The highest BCUT2D eigenvalue weighted by atomic mass is 35.5. The number of carbonyl (C=O) groups excluding carboxylic acids is 1. The summed E-state index contributed by atoms with van der Waals surface area (Å²) in [4.78, 5) is 19.6. The third kappa shape index (κ3) is 3.60. The lowest BCUT2D eigenvalue weighted by Gasteiger charge is -2.20. The van der Waals surface area contributed by atoms with Crippen LogP contribution < -0.4 is 9.64 Å². The van der Waals surface area contributed by atoms with Gasteiger partial charge in [-0.3, -0.25) is 4.79 Å². The normalized spacial score (nSPS) is 16.2. The Hall–Kier alpha value is -3.38. The molecule has 0 spiro atoms. The number of hydrogen-bond acceptors (Lipinski definition) is 3. The maximum absolute atomic E-state index is 14.4. The molecule has 3 aromatic carbocycles. The Morgan fingerprint density at radius 2 is 1.91 bits per heavy atom. The minimum atomic E-state index is -0.260. The van der Waals surface area contributed by atoms with Crippen molar-refractivity contribution in [2.45, 2.75) is 18.9 Å². The van der Waals surface area contributed by atoms with Crippen LogP contribution in [0.1, 0.15) is 23.7 Å². The van der Waals surface area contributed by atoms with Crippen LogP contribution in [0, 0.1) is 5.82 Å². The molecule has 1 aliphatic rings. The van der Waals surface area contributed by atoms with E-state index in [9.17, 15) is 9.18 Å². The predicted molar refractivity (Wildman–Crippen MR) is 123 cm³/mol. The van der Waals surface area contributed by atoms with Crippen LogP contribution in [0.2, 0.25) is 5.02 Å². The first-order chi connectivity index (χ1) is 15.5. The minimum Gasteiger partial charge on any atom is -0.495 e. The molecule has 4 aromatic rings. The van der Waals surface area contributed by atoms with Crippen LogP contribution in [0.5, 0.6) is 5.75 Å². The van der Waals surface area contributed by atoms with Gasteiger partial charge in [0.1, 0.15) is 17.4 Å². The zero-order valence-corrected chi connectivity index (χ0v) is 18.2. The molecule has 1 amide bonds. The van der Waals surface area contributed by atoms with Crippen molar-refractivity contribution < 1.29 is 13.9 Å². The Bertz CT molecular complexity index is 1320. The molecule has 5 nitrogen and oxygen atoms in total. The number of anilines is 1. The molecule has 0 N–H and O–H groups in total. The maximum atomic E-state index is 14.4. The number of para-hydroxylation sites is 2. The number of amides is 1. The quantitative estimate of drug-likeness (QED) is 0.409. The molecule has 0 radical (unpaired) electrons. The Balaban J connectivity index is 1.55. The summed E-state index contributed by atoms with van der Waals surface area (Å²) in [5.41, 5.74) is 2.96. The summed E-state index contributed by atoms with van der Waals surface area (Å²) in [6.45, 7) is 0.782. The maximum Gasteiger partial charge on any atom is 0.227 e.